The molecule has 2 aromatic carbocycles. The zero-order chi connectivity index (χ0) is 18.9. The number of carbonyl (C=O) groups excluding carboxylic acids is 3. The first-order valence-electron chi connectivity index (χ1n) is 7.99. The Kier molecular flexibility index (Phi) is 7.35. The van der Waals surface area contributed by atoms with E-state index in [0.29, 0.717) is 5.56 Å². The lowest BCUT2D eigenvalue weighted by Crippen LogP contribution is -2.46. The number of Topliss-reactive ketones (excluding diaryl/α,β-unsaturated/α-hetero) is 1. The van der Waals surface area contributed by atoms with Gasteiger partial charge >= 0.3 is 6.09 Å². The maximum Gasteiger partial charge on any atom is 0.408 e. The summed E-state index contributed by atoms with van der Waals surface area (Å²) in [5.41, 5.74) is 1.34. The van der Waals surface area contributed by atoms with Crippen LogP contribution in [0.4, 0.5) is 4.79 Å². The summed E-state index contributed by atoms with van der Waals surface area (Å²) in [6.07, 6.45) is -0.698. The summed E-state index contributed by atoms with van der Waals surface area (Å²) in [5.74, 6) is -0.683. The second-order valence-corrected chi connectivity index (χ2v) is 6.49. The number of hydrogen-bond donors (Lipinski definition) is 2. The number of alkyl carbamates (subject to hydrolysis) is 1. The van der Waals surface area contributed by atoms with Crippen LogP contribution in [0.25, 0.3) is 0 Å². The zero-order valence-corrected chi connectivity index (χ0v) is 15.8. The van der Waals surface area contributed by atoms with Gasteiger partial charge in [0.1, 0.15) is 12.6 Å². The predicted molar refractivity (Wildman–Crippen MR) is 101 cm³/mol. The lowest BCUT2D eigenvalue weighted by molar-refractivity contribution is -0.122. The highest BCUT2D eigenvalue weighted by Crippen LogP contribution is 2.10. The van der Waals surface area contributed by atoms with Crippen LogP contribution in [-0.2, 0) is 16.1 Å². The molecule has 0 radical (unpaired) electrons. The fourth-order valence-electron chi connectivity index (χ4n) is 2.07. The van der Waals surface area contributed by atoms with Gasteiger partial charge in [0.05, 0.1) is 6.54 Å². The summed E-state index contributed by atoms with van der Waals surface area (Å²) in [4.78, 5) is 35.8. The van der Waals surface area contributed by atoms with Gasteiger partial charge in [-0.25, -0.2) is 4.79 Å². The fraction of sp³-hybridized carbons (Fsp3) is 0.211. The molecule has 0 aromatic heterocycles. The number of ketones is 1. The molecule has 26 heavy (non-hydrogen) atoms. The van der Waals surface area contributed by atoms with E-state index in [9.17, 15) is 14.4 Å². The van der Waals surface area contributed by atoms with Gasteiger partial charge in [-0.1, -0.05) is 58.4 Å². The van der Waals surface area contributed by atoms with Gasteiger partial charge in [0.25, 0.3) is 0 Å². The van der Waals surface area contributed by atoms with Crippen molar-refractivity contribution in [1.29, 1.82) is 0 Å². The van der Waals surface area contributed by atoms with Crippen LogP contribution in [0, 0.1) is 0 Å². The Balaban J connectivity index is 1.73. The molecule has 0 aliphatic heterocycles. The molecular formula is C19H19BrN2O4. The minimum atomic E-state index is -0.823. The Labute approximate surface area is 160 Å². The van der Waals surface area contributed by atoms with Crippen LogP contribution in [0.3, 0.4) is 0 Å². The van der Waals surface area contributed by atoms with Crippen LogP contribution < -0.4 is 10.6 Å². The third kappa shape index (κ3) is 6.33. The maximum atomic E-state index is 12.0. The smallest absolute Gasteiger partial charge is 0.408 e. The highest BCUT2D eigenvalue weighted by molar-refractivity contribution is 9.10. The number of halogens is 1. The van der Waals surface area contributed by atoms with Gasteiger partial charge in [-0.3, -0.25) is 9.59 Å². The van der Waals surface area contributed by atoms with E-state index >= 15 is 0 Å². The topological polar surface area (TPSA) is 84.5 Å². The summed E-state index contributed by atoms with van der Waals surface area (Å²) in [6.45, 7) is 1.48. The highest BCUT2D eigenvalue weighted by atomic mass is 79.9. The first-order valence-corrected chi connectivity index (χ1v) is 8.78. The van der Waals surface area contributed by atoms with E-state index in [1.165, 1.54) is 6.92 Å². The third-order valence-electron chi connectivity index (χ3n) is 3.53. The predicted octanol–water partition coefficient (Wildman–Crippen LogP) is 3.06. The Morgan fingerprint density at radius 1 is 1.04 bits per heavy atom. The minimum Gasteiger partial charge on any atom is -0.445 e. The Morgan fingerprint density at radius 3 is 2.35 bits per heavy atom. The molecular weight excluding hydrogens is 400 g/mol. The summed E-state index contributed by atoms with van der Waals surface area (Å²) < 4.78 is 5.92. The van der Waals surface area contributed by atoms with Crippen molar-refractivity contribution in [2.24, 2.45) is 0 Å². The summed E-state index contributed by atoms with van der Waals surface area (Å²) >= 11 is 3.29. The molecule has 1 atom stereocenters. The summed E-state index contributed by atoms with van der Waals surface area (Å²) in [5, 5.41) is 4.93. The lowest BCUT2D eigenvalue weighted by Gasteiger charge is -2.14. The van der Waals surface area contributed by atoms with E-state index in [1.807, 2.05) is 30.3 Å². The van der Waals surface area contributed by atoms with E-state index in [-0.39, 0.29) is 18.9 Å². The molecule has 0 spiro atoms. The molecule has 2 amide bonds. The number of amides is 2. The molecule has 0 bridgehead atoms. The first-order chi connectivity index (χ1) is 12.5. The molecule has 1 unspecified atom stereocenters. The van der Waals surface area contributed by atoms with Crippen LogP contribution >= 0.6 is 15.9 Å². The van der Waals surface area contributed by atoms with Crippen molar-refractivity contribution < 1.29 is 19.1 Å². The average molecular weight is 419 g/mol. The zero-order valence-electron chi connectivity index (χ0n) is 14.2. The van der Waals surface area contributed by atoms with Gasteiger partial charge in [-0.05, 0) is 24.6 Å². The monoisotopic (exact) mass is 418 g/mol. The number of hydrogen-bond acceptors (Lipinski definition) is 4. The maximum absolute atomic E-state index is 12.0. The molecule has 2 rings (SSSR count). The number of ether oxygens (including phenoxy) is 1. The molecule has 0 saturated carbocycles. The van der Waals surface area contributed by atoms with E-state index < -0.39 is 18.0 Å². The van der Waals surface area contributed by atoms with Crippen LogP contribution in [0.15, 0.2) is 59.1 Å². The molecule has 2 N–H and O–H groups in total. The number of rotatable bonds is 7. The van der Waals surface area contributed by atoms with Crippen molar-refractivity contribution in [2.45, 2.75) is 19.6 Å². The van der Waals surface area contributed by atoms with Gasteiger partial charge < -0.3 is 15.4 Å². The summed E-state index contributed by atoms with van der Waals surface area (Å²) in [6, 6.07) is 15.2. The molecule has 2 aromatic rings. The number of benzene rings is 2. The summed E-state index contributed by atoms with van der Waals surface area (Å²) in [7, 11) is 0. The second-order valence-electron chi connectivity index (χ2n) is 5.58. The van der Waals surface area contributed by atoms with Gasteiger partial charge in [0.2, 0.25) is 5.91 Å². The van der Waals surface area contributed by atoms with Crippen molar-refractivity contribution in [1.82, 2.24) is 10.6 Å². The Bertz CT molecular complexity index is 763. The van der Waals surface area contributed by atoms with E-state index in [1.54, 1.807) is 24.3 Å². The lowest BCUT2D eigenvalue weighted by atomic mass is 10.1. The minimum absolute atomic E-state index is 0.114. The Hall–Kier alpha value is -2.67. The molecule has 0 saturated heterocycles. The third-order valence-corrected chi connectivity index (χ3v) is 4.06. The molecule has 0 aliphatic carbocycles. The van der Waals surface area contributed by atoms with Gasteiger partial charge in [0, 0.05) is 10.0 Å². The van der Waals surface area contributed by atoms with E-state index in [2.05, 4.69) is 26.6 Å². The normalized spacial score (nSPS) is 11.3. The van der Waals surface area contributed by atoms with E-state index in [4.69, 9.17) is 4.74 Å². The SMILES string of the molecule is CC(NC(=O)OCc1ccccc1)C(=O)NCC(=O)c1ccc(Br)cc1. The number of nitrogens with one attached hydrogen (secondary N) is 2. The standard InChI is InChI=1S/C19H19BrN2O4/c1-13(22-19(25)26-12-14-5-3-2-4-6-14)18(24)21-11-17(23)15-7-9-16(20)10-8-15/h2-10,13H,11-12H2,1H3,(H,21,24)(H,22,25). The van der Waals surface area contributed by atoms with Crippen molar-refractivity contribution in [3.8, 4) is 0 Å². The molecule has 6 nitrogen and oxygen atoms in total. The molecule has 136 valence electrons. The van der Waals surface area contributed by atoms with Crippen LogP contribution in [0.2, 0.25) is 0 Å². The van der Waals surface area contributed by atoms with Crippen LogP contribution in [0.1, 0.15) is 22.8 Å². The quantitative estimate of drug-likeness (QED) is 0.676. The molecule has 7 heteroatoms. The molecule has 0 heterocycles. The van der Waals surface area contributed by atoms with E-state index in [0.717, 1.165) is 10.0 Å². The average Bonchev–Trinajstić information content (AvgIpc) is 2.65. The van der Waals surface area contributed by atoms with Crippen molar-refractivity contribution >= 4 is 33.7 Å². The number of carbonyl (C=O) groups is 3. The largest absolute Gasteiger partial charge is 0.445 e. The first kappa shape index (κ1) is 19.7. The van der Waals surface area contributed by atoms with Crippen molar-refractivity contribution in [2.75, 3.05) is 6.54 Å². The molecule has 0 aliphatic rings. The second kappa shape index (κ2) is 9.72. The Morgan fingerprint density at radius 2 is 1.69 bits per heavy atom. The molecule has 0 fully saturated rings. The van der Waals surface area contributed by atoms with Gasteiger partial charge in [0.15, 0.2) is 5.78 Å². The van der Waals surface area contributed by atoms with Crippen molar-refractivity contribution in [3.63, 3.8) is 0 Å². The van der Waals surface area contributed by atoms with Crippen LogP contribution in [0.5, 0.6) is 0 Å². The van der Waals surface area contributed by atoms with Gasteiger partial charge in [-0.15, -0.1) is 0 Å². The highest BCUT2D eigenvalue weighted by Gasteiger charge is 2.17. The van der Waals surface area contributed by atoms with Crippen LogP contribution in [-0.4, -0.2) is 30.4 Å². The van der Waals surface area contributed by atoms with Gasteiger partial charge in [-0.2, -0.15) is 0 Å². The fourth-order valence-corrected chi connectivity index (χ4v) is 2.33. The van der Waals surface area contributed by atoms with Crippen molar-refractivity contribution in [3.05, 3.63) is 70.2 Å².